The van der Waals surface area contributed by atoms with Crippen LogP contribution < -0.4 is 0 Å². The summed E-state index contributed by atoms with van der Waals surface area (Å²) in [7, 11) is 0. The van der Waals surface area contributed by atoms with Gasteiger partial charge in [-0.3, -0.25) is 9.59 Å². The Balaban J connectivity index is 1.78. The SMILES string of the molecule is C=CCC(C(=O)OCCc1ccccc1)C(=O)OCCc1ccccc1. The monoisotopic (exact) mass is 352 g/mol. The van der Waals surface area contributed by atoms with Crippen LogP contribution >= 0.6 is 0 Å². The minimum absolute atomic E-state index is 0.203. The van der Waals surface area contributed by atoms with Crippen LogP contribution in [0.3, 0.4) is 0 Å². The van der Waals surface area contributed by atoms with Gasteiger partial charge < -0.3 is 9.47 Å². The Hall–Kier alpha value is -2.88. The number of carbonyl (C=O) groups is 2. The number of ether oxygens (including phenoxy) is 2. The second kappa shape index (κ2) is 10.9. The molecular formula is C22H24O4. The van der Waals surface area contributed by atoms with Crippen LogP contribution in [-0.2, 0) is 31.9 Å². The smallest absolute Gasteiger partial charge is 0.320 e. The van der Waals surface area contributed by atoms with Crippen LogP contribution in [0.1, 0.15) is 17.5 Å². The fourth-order valence-corrected chi connectivity index (χ4v) is 2.48. The van der Waals surface area contributed by atoms with Gasteiger partial charge in [-0.15, -0.1) is 6.58 Å². The highest BCUT2D eigenvalue weighted by molar-refractivity contribution is 5.95. The zero-order valence-electron chi connectivity index (χ0n) is 14.8. The Morgan fingerprint density at radius 3 is 1.62 bits per heavy atom. The number of esters is 2. The van der Waals surface area contributed by atoms with Gasteiger partial charge in [0.25, 0.3) is 0 Å². The Morgan fingerprint density at radius 2 is 1.23 bits per heavy atom. The van der Waals surface area contributed by atoms with E-state index in [1.54, 1.807) is 0 Å². The lowest BCUT2D eigenvalue weighted by Gasteiger charge is -2.14. The lowest BCUT2D eigenvalue weighted by molar-refractivity contribution is -0.161. The molecule has 4 heteroatoms. The molecule has 0 atom stereocenters. The van der Waals surface area contributed by atoms with E-state index in [0.717, 1.165) is 11.1 Å². The number of benzene rings is 2. The highest BCUT2D eigenvalue weighted by atomic mass is 16.6. The van der Waals surface area contributed by atoms with E-state index in [2.05, 4.69) is 6.58 Å². The summed E-state index contributed by atoms with van der Waals surface area (Å²) >= 11 is 0. The van der Waals surface area contributed by atoms with Crippen LogP contribution in [0.25, 0.3) is 0 Å². The van der Waals surface area contributed by atoms with Crippen molar-refractivity contribution in [2.75, 3.05) is 13.2 Å². The maximum atomic E-state index is 12.2. The largest absolute Gasteiger partial charge is 0.465 e. The molecule has 0 aliphatic rings. The molecule has 0 bridgehead atoms. The molecule has 0 aromatic heterocycles. The molecule has 4 nitrogen and oxygen atoms in total. The number of hydrogen-bond acceptors (Lipinski definition) is 4. The highest BCUT2D eigenvalue weighted by Crippen LogP contribution is 2.11. The molecule has 0 N–H and O–H groups in total. The molecule has 0 aliphatic carbocycles. The predicted molar refractivity (Wildman–Crippen MR) is 101 cm³/mol. The van der Waals surface area contributed by atoms with Gasteiger partial charge in [0.05, 0.1) is 13.2 Å². The van der Waals surface area contributed by atoms with Crippen molar-refractivity contribution < 1.29 is 19.1 Å². The van der Waals surface area contributed by atoms with E-state index in [-0.39, 0.29) is 19.6 Å². The van der Waals surface area contributed by atoms with Crippen molar-refractivity contribution in [2.45, 2.75) is 19.3 Å². The van der Waals surface area contributed by atoms with E-state index < -0.39 is 17.9 Å². The second-order valence-corrected chi connectivity index (χ2v) is 5.88. The van der Waals surface area contributed by atoms with Crippen LogP contribution in [0.2, 0.25) is 0 Å². The molecule has 26 heavy (non-hydrogen) atoms. The Labute approximate surface area is 154 Å². The van der Waals surface area contributed by atoms with Crippen molar-refractivity contribution in [2.24, 2.45) is 5.92 Å². The summed E-state index contributed by atoms with van der Waals surface area (Å²) in [5.74, 6) is -2.09. The van der Waals surface area contributed by atoms with E-state index in [1.165, 1.54) is 6.08 Å². The van der Waals surface area contributed by atoms with Crippen LogP contribution in [0.4, 0.5) is 0 Å². The van der Waals surface area contributed by atoms with E-state index >= 15 is 0 Å². The van der Waals surface area contributed by atoms with Gasteiger partial charge in [0.1, 0.15) is 0 Å². The van der Waals surface area contributed by atoms with Gasteiger partial charge in [-0.2, -0.15) is 0 Å². The van der Waals surface area contributed by atoms with Gasteiger partial charge in [-0.25, -0.2) is 0 Å². The van der Waals surface area contributed by atoms with Gasteiger partial charge in [0.15, 0.2) is 5.92 Å². The van der Waals surface area contributed by atoms with Crippen LogP contribution in [0.15, 0.2) is 73.3 Å². The fourth-order valence-electron chi connectivity index (χ4n) is 2.48. The summed E-state index contributed by atoms with van der Waals surface area (Å²) in [5.41, 5.74) is 2.15. The molecule has 0 amide bonds. The number of carbonyl (C=O) groups excluding carboxylic acids is 2. The molecule has 0 saturated heterocycles. The second-order valence-electron chi connectivity index (χ2n) is 5.88. The molecule has 2 aromatic rings. The first-order chi connectivity index (χ1) is 12.7. The first-order valence-electron chi connectivity index (χ1n) is 8.72. The number of rotatable bonds is 10. The Bertz CT molecular complexity index is 637. The van der Waals surface area contributed by atoms with Crippen LogP contribution in [0, 0.1) is 5.92 Å². The van der Waals surface area contributed by atoms with E-state index in [4.69, 9.17) is 9.47 Å². The van der Waals surface area contributed by atoms with Crippen molar-refractivity contribution in [3.05, 3.63) is 84.4 Å². The average molecular weight is 352 g/mol. The Kier molecular flexibility index (Phi) is 8.13. The molecular weight excluding hydrogens is 328 g/mol. The van der Waals surface area contributed by atoms with Crippen molar-refractivity contribution >= 4 is 11.9 Å². The summed E-state index contributed by atoms with van der Waals surface area (Å²) in [4.78, 5) is 24.5. The molecule has 0 saturated carbocycles. The molecule has 136 valence electrons. The first-order valence-corrected chi connectivity index (χ1v) is 8.72. The molecule has 2 aromatic carbocycles. The van der Waals surface area contributed by atoms with Crippen molar-refractivity contribution in [3.8, 4) is 0 Å². The van der Waals surface area contributed by atoms with E-state index in [0.29, 0.717) is 12.8 Å². The molecule has 0 unspecified atom stereocenters. The molecule has 0 radical (unpaired) electrons. The molecule has 0 fully saturated rings. The Morgan fingerprint density at radius 1 is 0.808 bits per heavy atom. The summed E-state index contributed by atoms with van der Waals surface area (Å²) in [6.45, 7) is 4.07. The zero-order valence-corrected chi connectivity index (χ0v) is 14.8. The van der Waals surface area contributed by atoms with Crippen LogP contribution in [0.5, 0.6) is 0 Å². The maximum Gasteiger partial charge on any atom is 0.320 e. The van der Waals surface area contributed by atoms with E-state index in [9.17, 15) is 9.59 Å². The van der Waals surface area contributed by atoms with Gasteiger partial charge in [-0.1, -0.05) is 66.7 Å². The van der Waals surface area contributed by atoms with Gasteiger partial charge in [0, 0.05) is 12.8 Å². The molecule has 0 heterocycles. The maximum absolute atomic E-state index is 12.2. The molecule has 0 aliphatic heterocycles. The third-order valence-electron chi connectivity index (χ3n) is 3.93. The summed E-state index contributed by atoms with van der Waals surface area (Å²) < 4.78 is 10.5. The normalized spacial score (nSPS) is 10.3. The first kappa shape index (κ1) is 19.4. The minimum Gasteiger partial charge on any atom is -0.465 e. The third kappa shape index (κ3) is 6.55. The fraction of sp³-hybridized carbons (Fsp3) is 0.273. The van der Waals surface area contributed by atoms with Gasteiger partial charge >= 0.3 is 11.9 Å². The quantitative estimate of drug-likeness (QED) is 0.371. The molecule has 0 spiro atoms. The highest BCUT2D eigenvalue weighted by Gasteiger charge is 2.28. The topological polar surface area (TPSA) is 52.6 Å². The standard InChI is InChI=1S/C22H24O4/c1-2-9-20(21(23)25-16-14-18-10-5-3-6-11-18)22(24)26-17-15-19-12-7-4-8-13-19/h2-8,10-13,20H,1,9,14-17H2. The molecule has 2 rings (SSSR count). The van der Waals surface area contributed by atoms with Crippen molar-refractivity contribution in [1.82, 2.24) is 0 Å². The minimum atomic E-state index is -0.959. The number of allylic oxidation sites excluding steroid dienone is 1. The summed E-state index contributed by atoms with van der Waals surface area (Å²) in [6, 6.07) is 19.5. The van der Waals surface area contributed by atoms with Crippen LogP contribution in [-0.4, -0.2) is 25.2 Å². The van der Waals surface area contributed by atoms with Crippen molar-refractivity contribution in [3.63, 3.8) is 0 Å². The lowest BCUT2D eigenvalue weighted by Crippen LogP contribution is -2.28. The predicted octanol–water partition coefficient (Wildman–Crippen LogP) is 3.75. The van der Waals surface area contributed by atoms with E-state index in [1.807, 2.05) is 60.7 Å². The summed E-state index contributed by atoms with van der Waals surface area (Å²) in [6.07, 6.45) is 2.95. The number of hydrogen-bond donors (Lipinski definition) is 0. The zero-order chi connectivity index (χ0) is 18.6. The summed E-state index contributed by atoms with van der Waals surface area (Å²) in [5, 5.41) is 0. The average Bonchev–Trinajstić information content (AvgIpc) is 2.67. The van der Waals surface area contributed by atoms with Crippen molar-refractivity contribution in [1.29, 1.82) is 0 Å². The third-order valence-corrected chi connectivity index (χ3v) is 3.93. The van der Waals surface area contributed by atoms with Gasteiger partial charge in [-0.05, 0) is 17.5 Å². The van der Waals surface area contributed by atoms with Gasteiger partial charge in [0.2, 0.25) is 0 Å². The lowest BCUT2D eigenvalue weighted by atomic mass is 10.1.